The Balaban J connectivity index is 3.26. The van der Waals surface area contributed by atoms with Crippen molar-refractivity contribution < 1.29 is 4.92 Å². The second-order valence-corrected chi connectivity index (χ2v) is 4.24. The van der Waals surface area contributed by atoms with Crippen LogP contribution >= 0.6 is 11.6 Å². The maximum absolute atomic E-state index is 10.9. The summed E-state index contributed by atoms with van der Waals surface area (Å²) in [6, 6.07) is 6.28. The van der Waals surface area contributed by atoms with Gasteiger partial charge in [0.05, 0.1) is 16.9 Å². The van der Waals surface area contributed by atoms with Crippen LogP contribution in [0.15, 0.2) is 30.4 Å². The lowest BCUT2D eigenvalue weighted by atomic mass is 9.93. The molecule has 0 radical (unpaired) electrons. The molecule has 0 fully saturated rings. The highest BCUT2D eigenvalue weighted by atomic mass is 35.5. The zero-order chi connectivity index (χ0) is 13.0. The summed E-state index contributed by atoms with van der Waals surface area (Å²) in [5, 5.41) is 20.3. The number of halogens is 1. The van der Waals surface area contributed by atoms with Gasteiger partial charge in [-0.3, -0.25) is 10.1 Å². The molecule has 1 rings (SSSR count). The van der Waals surface area contributed by atoms with Crippen LogP contribution < -0.4 is 0 Å². The maximum Gasteiger partial charge on any atom is 0.274 e. The molecule has 17 heavy (non-hydrogen) atoms. The van der Waals surface area contributed by atoms with Gasteiger partial charge in [-0.1, -0.05) is 17.2 Å². The molecule has 5 heteroatoms. The van der Waals surface area contributed by atoms with Crippen LogP contribution in [0.5, 0.6) is 0 Å². The fraction of sp³-hybridized carbons (Fsp3) is 0.250. The molecule has 88 valence electrons. The minimum Gasteiger partial charge on any atom is -0.258 e. The van der Waals surface area contributed by atoms with Gasteiger partial charge in [-0.2, -0.15) is 5.26 Å². The summed E-state index contributed by atoms with van der Waals surface area (Å²) in [5.41, 5.74) is 1.06. The van der Waals surface area contributed by atoms with Crippen LogP contribution in [-0.2, 0) is 0 Å². The van der Waals surface area contributed by atoms with E-state index in [0.717, 1.165) is 5.57 Å². The van der Waals surface area contributed by atoms with E-state index < -0.39 is 10.8 Å². The van der Waals surface area contributed by atoms with Crippen LogP contribution in [-0.4, -0.2) is 4.92 Å². The molecule has 0 saturated heterocycles. The summed E-state index contributed by atoms with van der Waals surface area (Å²) in [5.74, 6) is -0.591. The summed E-state index contributed by atoms with van der Waals surface area (Å²) in [6.07, 6.45) is 0.387. The van der Waals surface area contributed by atoms with Gasteiger partial charge in [-0.05, 0) is 25.5 Å². The quantitative estimate of drug-likeness (QED) is 0.463. The lowest BCUT2D eigenvalue weighted by Crippen LogP contribution is -2.02. The first-order valence-electron chi connectivity index (χ1n) is 4.93. The molecule has 1 atom stereocenters. The number of hydrogen-bond acceptors (Lipinski definition) is 3. The van der Waals surface area contributed by atoms with Crippen LogP contribution in [0.4, 0.5) is 5.69 Å². The van der Waals surface area contributed by atoms with E-state index in [1.807, 2.05) is 6.07 Å². The standard InChI is InChI=1S/C12H11ClN2O2/c1-8(2)5-9(7-14)11-6-10(13)3-4-12(11)15(16)17/h3-4,6,9H,1,5H2,2H3. The third-order valence-electron chi connectivity index (χ3n) is 2.27. The van der Waals surface area contributed by atoms with Gasteiger partial charge in [0.25, 0.3) is 5.69 Å². The summed E-state index contributed by atoms with van der Waals surface area (Å²) >= 11 is 5.80. The van der Waals surface area contributed by atoms with Crippen LogP contribution in [0.3, 0.4) is 0 Å². The van der Waals surface area contributed by atoms with Crippen LogP contribution in [0.1, 0.15) is 24.8 Å². The van der Waals surface area contributed by atoms with Crippen LogP contribution in [0, 0.1) is 21.4 Å². The average Bonchev–Trinajstić information content (AvgIpc) is 2.25. The largest absolute Gasteiger partial charge is 0.274 e. The molecule has 0 aliphatic rings. The molecule has 1 aromatic rings. The number of nitro groups is 1. The molecular weight excluding hydrogens is 240 g/mol. The Labute approximate surface area is 104 Å². The Morgan fingerprint density at radius 1 is 1.71 bits per heavy atom. The predicted molar refractivity (Wildman–Crippen MR) is 65.9 cm³/mol. The van der Waals surface area contributed by atoms with Gasteiger partial charge in [0.2, 0.25) is 0 Å². The van der Waals surface area contributed by atoms with Crippen molar-refractivity contribution in [3.63, 3.8) is 0 Å². The SMILES string of the molecule is C=C(C)CC(C#N)c1cc(Cl)ccc1[N+](=O)[O-]. The van der Waals surface area contributed by atoms with E-state index in [9.17, 15) is 10.1 Å². The van der Waals surface area contributed by atoms with Crippen molar-refractivity contribution in [2.24, 2.45) is 0 Å². The van der Waals surface area contributed by atoms with Crippen molar-refractivity contribution in [1.29, 1.82) is 5.26 Å². The number of rotatable bonds is 4. The summed E-state index contributed by atoms with van der Waals surface area (Å²) in [6.45, 7) is 5.49. The highest BCUT2D eigenvalue weighted by Gasteiger charge is 2.22. The Morgan fingerprint density at radius 2 is 2.35 bits per heavy atom. The molecule has 1 aromatic carbocycles. The number of nitro benzene ring substituents is 1. The zero-order valence-corrected chi connectivity index (χ0v) is 10.1. The van der Waals surface area contributed by atoms with Crippen molar-refractivity contribution in [2.45, 2.75) is 19.3 Å². The van der Waals surface area contributed by atoms with E-state index in [-0.39, 0.29) is 5.69 Å². The van der Waals surface area contributed by atoms with Gasteiger partial charge in [0, 0.05) is 16.7 Å². The van der Waals surface area contributed by atoms with Gasteiger partial charge < -0.3 is 0 Å². The van der Waals surface area contributed by atoms with E-state index in [2.05, 4.69) is 6.58 Å². The molecule has 0 N–H and O–H groups in total. The molecule has 0 heterocycles. The smallest absolute Gasteiger partial charge is 0.258 e. The summed E-state index contributed by atoms with van der Waals surface area (Å²) in [4.78, 5) is 10.4. The normalized spacial score (nSPS) is 11.6. The second kappa shape index (κ2) is 5.46. The maximum atomic E-state index is 10.9. The highest BCUT2D eigenvalue weighted by Crippen LogP contribution is 2.32. The van der Waals surface area contributed by atoms with Gasteiger partial charge in [0.1, 0.15) is 0 Å². The first-order valence-corrected chi connectivity index (χ1v) is 5.31. The molecule has 0 saturated carbocycles. The van der Waals surface area contributed by atoms with Gasteiger partial charge >= 0.3 is 0 Å². The lowest BCUT2D eigenvalue weighted by molar-refractivity contribution is -0.385. The summed E-state index contributed by atoms with van der Waals surface area (Å²) < 4.78 is 0. The minimum absolute atomic E-state index is 0.0813. The van der Waals surface area contributed by atoms with E-state index >= 15 is 0 Å². The molecule has 0 aliphatic carbocycles. The molecule has 0 bridgehead atoms. The average molecular weight is 251 g/mol. The first kappa shape index (κ1) is 13.2. The molecule has 0 aliphatic heterocycles. The third kappa shape index (κ3) is 3.30. The minimum atomic E-state index is -0.591. The van der Waals surface area contributed by atoms with Crippen LogP contribution in [0.2, 0.25) is 5.02 Å². The molecule has 0 amide bonds. The molecule has 1 unspecified atom stereocenters. The zero-order valence-electron chi connectivity index (χ0n) is 9.31. The number of nitriles is 1. The van der Waals surface area contributed by atoms with Crippen molar-refractivity contribution in [2.75, 3.05) is 0 Å². The Bertz CT molecular complexity index is 506. The van der Waals surface area contributed by atoms with E-state index in [0.29, 0.717) is 17.0 Å². The van der Waals surface area contributed by atoms with E-state index in [1.165, 1.54) is 18.2 Å². The fourth-order valence-electron chi connectivity index (χ4n) is 1.54. The lowest BCUT2D eigenvalue weighted by Gasteiger charge is -2.10. The van der Waals surface area contributed by atoms with E-state index in [4.69, 9.17) is 16.9 Å². The second-order valence-electron chi connectivity index (χ2n) is 3.80. The predicted octanol–water partition coefficient (Wildman–Crippen LogP) is 3.82. The Hall–Kier alpha value is -1.86. The van der Waals surface area contributed by atoms with Gasteiger partial charge in [-0.25, -0.2) is 0 Å². The third-order valence-corrected chi connectivity index (χ3v) is 2.51. The Morgan fingerprint density at radius 3 is 2.82 bits per heavy atom. The van der Waals surface area contributed by atoms with Crippen molar-refractivity contribution in [1.82, 2.24) is 0 Å². The molecule has 0 spiro atoms. The number of nitrogens with zero attached hydrogens (tertiary/aromatic N) is 2. The molecule has 0 aromatic heterocycles. The van der Waals surface area contributed by atoms with Gasteiger partial charge in [0.15, 0.2) is 0 Å². The van der Waals surface area contributed by atoms with E-state index in [1.54, 1.807) is 6.92 Å². The first-order chi connectivity index (χ1) is 7.95. The number of hydrogen-bond donors (Lipinski definition) is 0. The molecular formula is C12H11ClN2O2. The topological polar surface area (TPSA) is 66.9 Å². The van der Waals surface area contributed by atoms with Gasteiger partial charge in [-0.15, -0.1) is 6.58 Å². The van der Waals surface area contributed by atoms with Crippen LogP contribution in [0.25, 0.3) is 0 Å². The Kier molecular flexibility index (Phi) is 4.24. The fourth-order valence-corrected chi connectivity index (χ4v) is 1.72. The highest BCUT2D eigenvalue weighted by molar-refractivity contribution is 6.30. The monoisotopic (exact) mass is 250 g/mol. The number of benzene rings is 1. The number of allylic oxidation sites excluding steroid dienone is 1. The summed E-state index contributed by atoms with van der Waals surface area (Å²) in [7, 11) is 0. The molecule has 4 nitrogen and oxygen atoms in total. The van der Waals surface area contributed by atoms with Crippen molar-refractivity contribution >= 4 is 17.3 Å². The van der Waals surface area contributed by atoms with Crippen molar-refractivity contribution in [3.05, 3.63) is 51.1 Å². The van der Waals surface area contributed by atoms with Crippen molar-refractivity contribution in [3.8, 4) is 6.07 Å².